The monoisotopic (exact) mass is 690 g/mol. The molecule has 2 aromatic heterocycles. The number of carbonyl (C=O) groups excluding carboxylic acids is 1. The largest absolute Gasteiger partial charge is 0.487 e. The Hall–Kier alpha value is -5.22. The number of likely N-dealkylation sites (tertiary alicyclic amines) is 1. The van der Waals surface area contributed by atoms with Gasteiger partial charge >= 0.3 is 0 Å². The van der Waals surface area contributed by atoms with Gasteiger partial charge in [0.25, 0.3) is 10.0 Å². The molecule has 0 radical (unpaired) electrons. The van der Waals surface area contributed by atoms with Gasteiger partial charge in [-0.25, -0.2) is 17.4 Å². The van der Waals surface area contributed by atoms with Crippen LogP contribution in [0.3, 0.4) is 0 Å². The van der Waals surface area contributed by atoms with Crippen molar-refractivity contribution in [3.05, 3.63) is 96.7 Å². The van der Waals surface area contributed by atoms with Crippen molar-refractivity contribution < 1.29 is 22.7 Å². The van der Waals surface area contributed by atoms with Crippen LogP contribution in [0, 0.1) is 11.3 Å². The van der Waals surface area contributed by atoms with Gasteiger partial charge in [0.1, 0.15) is 17.9 Å². The van der Waals surface area contributed by atoms with Crippen LogP contribution in [0.5, 0.6) is 5.75 Å². The first-order valence-corrected chi connectivity index (χ1v) is 18.0. The molecule has 0 unspecified atom stereocenters. The number of carbonyl (C=O) groups is 1. The SMILES string of the molecule is CN(C)CC(=O)N1CC[C@@H](Oc2ccc(-c3ccnc4c3cc(-c3ccc(N5CCOCC5)cc3)n4S(=O)(=O)c3ccccc3)cc2C#N)C1. The van der Waals surface area contributed by atoms with Crippen LogP contribution in [0.15, 0.2) is 96.0 Å². The lowest BCUT2D eigenvalue weighted by Crippen LogP contribution is -2.37. The zero-order valence-corrected chi connectivity index (χ0v) is 28.8. The van der Waals surface area contributed by atoms with Crippen LogP contribution in [-0.2, 0) is 19.6 Å². The molecule has 1 atom stereocenters. The normalized spacial score (nSPS) is 16.6. The van der Waals surface area contributed by atoms with Crippen LogP contribution >= 0.6 is 0 Å². The number of amides is 1. The first kappa shape index (κ1) is 33.3. The molecule has 3 aromatic carbocycles. The maximum atomic E-state index is 14.3. The Kier molecular flexibility index (Phi) is 9.29. The van der Waals surface area contributed by atoms with Crippen LogP contribution in [0.4, 0.5) is 5.69 Å². The quantitative estimate of drug-likeness (QED) is 0.214. The molecule has 2 aliphatic rings. The zero-order chi connectivity index (χ0) is 34.8. The molecule has 5 aromatic rings. The van der Waals surface area contributed by atoms with E-state index < -0.39 is 10.0 Å². The highest BCUT2D eigenvalue weighted by atomic mass is 32.2. The fourth-order valence-corrected chi connectivity index (χ4v) is 8.12. The second kappa shape index (κ2) is 14.0. The number of benzene rings is 3. The van der Waals surface area contributed by atoms with Gasteiger partial charge in [-0.2, -0.15) is 5.26 Å². The molecule has 0 aliphatic carbocycles. The third kappa shape index (κ3) is 6.55. The molecule has 2 saturated heterocycles. The number of ether oxygens (including phenoxy) is 2. The van der Waals surface area contributed by atoms with Crippen molar-refractivity contribution >= 4 is 32.7 Å². The molecule has 50 heavy (non-hydrogen) atoms. The number of pyridine rings is 1. The van der Waals surface area contributed by atoms with Crippen LogP contribution in [0.1, 0.15) is 12.0 Å². The van der Waals surface area contributed by atoms with Crippen molar-refractivity contribution in [2.24, 2.45) is 0 Å². The van der Waals surface area contributed by atoms with Crippen LogP contribution in [0.25, 0.3) is 33.4 Å². The Labute approximate surface area is 291 Å². The van der Waals surface area contributed by atoms with Crippen molar-refractivity contribution in [2.45, 2.75) is 17.4 Å². The Morgan fingerprint density at radius 2 is 1.72 bits per heavy atom. The molecule has 2 fully saturated rings. The van der Waals surface area contributed by atoms with Gasteiger partial charge in [0.05, 0.1) is 42.5 Å². The average molecular weight is 691 g/mol. The highest BCUT2D eigenvalue weighted by Crippen LogP contribution is 2.38. The fourth-order valence-electron chi connectivity index (χ4n) is 6.62. The molecule has 7 rings (SSSR count). The maximum absolute atomic E-state index is 14.3. The summed E-state index contributed by atoms with van der Waals surface area (Å²) in [6, 6.07) is 27.6. The van der Waals surface area contributed by atoms with E-state index in [-0.39, 0.29) is 22.6 Å². The number of fused-ring (bicyclic) bond motifs is 1. The van der Waals surface area contributed by atoms with E-state index in [0.29, 0.717) is 61.7 Å². The van der Waals surface area contributed by atoms with Gasteiger partial charge in [0.2, 0.25) is 5.91 Å². The summed E-state index contributed by atoms with van der Waals surface area (Å²) in [5.74, 6) is 0.492. The molecule has 0 N–H and O–H groups in total. The summed E-state index contributed by atoms with van der Waals surface area (Å²) in [6.45, 7) is 4.31. The highest BCUT2D eigenvalue weighted by molar-refractivity contribution is 7.90. The Balaban J connectivity index is 1.26. The van der Waals surface area contributed by atoms with Crippen molar-refractivity contribution in [1.29, 1.82) is 5.26 Å². The van der Waals surface area contributed by atoms with E-state index in [9.17, 15) is 18.5 Å². The standard InChI is InChI=1S/C38H38N6O5S/c1-41(2)26-37(45)43-17-15-31(25-43)49-36-13-10-28(22-29(36)24-39)33-14-16-40-38-34(33)23-35(44(38)50(46,47)32-6-4-3-5-7-32)27-8-11-30(12-9-27)42-18-20-48-21-19-42/h3-14,16,22-23,31H,15,17-21,25-26H2,1-2H3/t31-/m1/s1. The highest BCUT2D eigenvalue weighted by Gasteiger charge is 2.29. The Bertz CT molecular complexity index is 2170. The molecule has 11 nitrogen and oxygen atoms in total. The topological polar surface area (TPSA) is 121 Å². The third-order valence-corrected chi connectivity index (χ3v) is 10.9. The van der Waals surface area contributed by atoms with Gasteiger partial charge in [-0.3, -0.25) is 4.79 Å². The minimum Gasteiger partial charge on any atom is -0.487 e. The van der Waals surface area contributed by atoms with Crippen molar-refractivity contribution in [2.75, 3.05) is 64.9 Å². The molecule has 0 spiro atoms. The zero-order valence-electron chi connectivity index (χ0n) is 28.0. The Morgan fingerprint density at radius 3 is 2.44 bits per heavy atom. The van der Waals surface area contributed by atoms with Crippen LogP contribution in [-0.4, -0.2) is 99.2 Å². The van der Waals surface area contributed by atoms with E-state index in [2.05, 4.69) is 16.0 Å². The molecule has 4 heterocycles. The fraction of sp³-hybridized carbons (Fsp3) is 0.289. The predicted molar refractivity (Wildman–Crippen MR) is 192 cm³/mol. The van der Waals surface area contributed by atoms with Crippen molar-refractivity contribution in [3.8, 4) is 34.2 Å². The van der Waals surface area contributed by atoms with E-state index in [1.54, 1.807) is 53.6 Å². The van der Waals surface area contributed by atoms with Gasteiger partial charge in [-0.05, 0) is 79.3 Å². The molecule has 0 bridgehead atoms. The lowest BCUT2D eigenvalue weighted by atomic mass is 10.0. The minimum absolute atomic E-state index is 0.0484. The number of nitriles is 1. The summed E-state index contributed by atoms with van der Waals surface area (Å²) in [7, 11) is -0.332. The van der Waals surface area contributed by atoms with E-state index >= 15 is 0 Å². The number of hydrogen-bond acceptors (Lipinski definition) is 9. The smallest absolute Gasteiger partial charge is 0.269 e. The predicted octanol–water partition coefficient (Wildman–Crippen LogP) is 4.86. The number of morpholine rings is 1. The van der Waals surface area contributed by atoms with Crippen LogP contribution < -0.4 is 9.64 Å². The molecular formula is C38H38N6O5S. The summed E-state index contributed by atoms with van der Waals surface area (Å²) in [5.41, 5.74) is 4.33. The molecular weight excluding hydrogens is 653 g/mol. The minimum atomic E-state index is -4.06. The van der Waals surface area contributed by atoms with Gasteiger partial charge in [-0.1, -0.05) is 36.4 Å². The maximum Gasteiger partial charge on any atom is 0.269 e. The lowest BCUT2D eigenvalue weighted by molar-refractivity contribution is -0.131. The number of nitrogens with zero attached hydrogens (tertiary/aromatic N) is 6. The number of hydrogen-bond donors (Lipinski definition) is 0. The third-order valence-electron chi connectivity index (χ3n) is 9.14. The number of aromatic nitrogens is 2. The number of likely N-dealkylation sites (N-methyl/N-ethyl adjacent to an activating group) is 1. The second-order valence-electron chi connectivity index (χ2n) is 12.8. The first-order chi connectivity index (χ1) is 24.2. The molecule has 12 heteroatoms. The van der Waals surface area contributed by atoms with Gasteiger partial charge in [-0.15, -0.1) is 0 Å². The van der Waals surface area contributed by atoms with Crippen molar-refractivity contribution in [3.63, 3.8) is 0 Å². The molecule has 256 valence electrons. The van der Waals surface area contributed by atoms with Crippen molar-refractivity contribution in [1.82, 2.24) is 18.8 Å². The van der Waals surface area contributed by atoms with E-state index in [1.165, 1.54) is 3.97 Å². The summed E-state index contributed by atoms with van der Waals surface area (Å²) in [6.07, 6.45) is 2.05. The summed E-state index contributed by atoms with van der Waals surface area (Å²) in [5, 5.41) is 10.8. The molecule has 0 saturated carbocycles. The first-order valence-electron chi connectivity index (χ1n) is 16.6. The van der Waals surface area contributed by atoms with Gasteiger partial charge < -0.3 is 24.2 Å². The second-order valence-corrected chi connectivity index (χ2v) is 14.6. The van der Waals surface area contributed by atoms with Gasteiger partial charge in [0.15, 0.2) is 5.65 Å². The van der Waals surface area contributed by atoms with Gasteiger partial charge in [0, 0.05) is 43.3 Å². The number of rotatable bonds is 9. The molecule has 2 aliphatic heterocycles. The van der Waals surface area contributed by atoms with E-state index in [1.807, 2.05) is 61.5 Å². The summed E-state index contributed by atoms with van der Waals surface area (Å²) < 4.78 is 41.7. The summed E-state index contributed by atoms with van der Waals surface area (Å²) >= 11 is 0. The summed E-state index contributed by atoms with van der Waals surface area (Å²) in [4.78, 5) is 23.2. The van der Waals surface area contributed by atoms with Crippen LogP contribution in [0.2, 0.25) is 0 Å². The lowest BCUT2D eigenvalue weighted by Gasteiger charge is -2.28. The number of anilines is 1. The van der Waals surface area contributed by atoms with E-state index in [4.69, 9.17) is 9.47 Å². The molecule has 1 amide bonds. The average Bonchev–Trinajstić information content (AvgIpc) is 3.78. The van der Waals surface area contributed by atoms with E-state index in [0.717, 1.165) is 35.5 Å². The Morgan fingerprint density at radius 1 is 0.980 bits per heavy atom.